The van der Waals surface area contributed by atoms with E-state index in [-0.39, 0.29) is 11.6 Å². The molecule has 2 aliphatic rings. The number of fused-ring (bicyclic) bond motifs is 1. The molecular formula is C20H24N6O. The Morgan fingerprint density at radius 1 is 1.07 bits per heavy atom. The largest absolute Gasteiger partial charge is 0.367 e. The van der Waals surface area contributed by atoms with Gasteiger partial charge in [0, 0.05) is 35.9 Å². The normalized spacial score (nSPS) is 22.9. The number of hydrogen-bond acceptors (Lipinski definition) is 5. The Labute approximate surface area is 157 Å². The standard InChI is InChI=1S/C20H24N6O/c1-13-12-19(26-18(22-13)10-11-21-26)23-15-4-6-16(7-5-15)25-20(27)9-8-17(24-25)14-2-3-14/h8-12,14-16,23H,2-7H2,1H3. The van der Waals surface area contributed by atoms with E-state index in [2.05, 4.69) is 20.5 Å². The fraction of sp³-hybridized carbons (Fsp3) is 0.500. The van der Waals surface area contributed by atoms with Gasteiger partial charge in [-0.15, -0.1) is 0 Å². The second kappa shape index (κ2) is 6.48. The summed E-state index contributed by atoms with van der Waals surface area (Å²) in [5.74, 6) is 1.55. The molecule has 0 spiro atoms. The Morgan fingerprint density at radius 3 is 2.67 bits per heavy atom. The summed E-state index contributed by atoms with van der Waals surface area (Å²) >= 11 is 0. The highest BCUT2D eigenvalue weighted by atomic mass is 16.1. The first kappa shape index (κ1) is 16.5. The summed E-state index contributed by atoms with van der Waals surface area (Å²) in [6, 6.07) is 8.14. The zero-order valence-corrected chi connectivity index (χ0v) is 15.5. The highest BCUT2D eigenvalue weighted by Gasteiger charge is 2.28. The molecule has 3 aromatic heterocycles. The zero-order chi connectivity index (χ0) is 18.4. The van der Waals surface area contributed by atoms with Gasteiger partial charge in [0.15, 0.2) is 5.65 Å². The predicted octanol–water partition coefficient (Wildman–Crippen LogP) is 3.07. The van der Waals surface area contributed by atoms with E-state index < -0.39 is 0 Å². The maximum Gasteiger partial charge on any atom is 0.267 e. The van der Waals surface area contributed by atoms with Gasteiger partial charge < -0.3 is 5.32 Å². The van der Waals surface area contributed by atoms with Crippen LogP contribution in [0.5, 0.6) is 0 Å². The van der Waals surface area contributed by atoms with Gasteiger partial charge in [-0.1, -0.05) is 0 Å². The monoisotopic (exact) mass is 364 g/mol. The van der Waals surface area contributed by atoms with Crippen molar-refractivity contribution in [2.24, 2.45) is 0 Å². The van der Waals surface area contributed by atoms with Gasteiger partial charge in [-0.2, -0.15) is 14.7 Å². The number of hydrogen-bond donors (Lipinski definition) is 1. The molecule has 0 atom stereocenters. The van der Waals surface area contributed by atoms with Gasteiger partial charge in [-0.3, -0.25) is 4.79 Å². The summed E-state index contributed by atoms with van der Waals surface area (Å²) in [5, 5.41) is 12.7. The van der Waals surface area contributed by atoms with E-state index in [1.165, 1.54) is 12.8 Å². The third kappa shape index (κ3) is 3.22. The molecule has 3 aromatic rings. The SMILES string of the molecule is Cc1cc(NC2CCC(n3nc(C4CC4)ccc3=O)CC2)n2nccc2n1. The van der Waals surface area contributed by atoms with E-state index in [4.69, 9.17) is 0 Å². The predicted molar refractivity (Wildman–Crippen MR) is 103 cm³/mol. The summed E-state index contributed by atoms with van der Waals surface area (Å²) < 4.78 is 3.59. The van der Waals surface area contributed by atoms with Crippen molar-refractivity contribution in [3.8, 4) is 0 Å². The number of anilines is 1. The van der Waals surface area contributed by atoms with Crippen LogP contribution in [0.1, 0.15) is 61.9 Å². The van der Waals surface area contributed by atoms with Crippen molar-refractivity contribution in [2.45, 2.75) is 63.5 Å². The second-order valence-electron chi connectivity index (χ2n) is 7.85. The van der Waals surface area contributed by atoms with Gasteiger partial charge in [-0.05, 0) is 51.5 Å². The molecule has 0 bridgehead atoms. The molecule has 0 aromatic carbocycles. The first-order chi connectivity index (χ1) is 13.2. The molecular weight excluding hydrogens is 340 g/mol. The van der Waals surface area contributed by atoms with Crippen molar-refractivity contribution in [1.29, 1.82) is 0 Å². The van der Waals surface area contributed by atoms with Crippen molar-refractivity contribution >= 4 is 11.5 Å². The highest BCUT2D eigenvalue weighted by molar-refractivity contribution is 5.49. The van der Waals surface area contributed by atoms with Gasteiger partial charge in [0.1, 0.15) is 5.82 Å². The van der Waals surface area contributed by atoms with Crippen LogP contribution in [0.25, 0.3) is 5.65 Å². The third-order valence-electron chi connectivity index (χ3n) is 5.72. The van der Waals surface area contributed by atoms with E-state index in [0.717, 1.165) is 48.5 Å². The van der Waals surface area contributed by atoms with Crippen LogP contribution in [0.15, 0.2) is 35.3 Å². The van der Waals surface area contributed by atoms with Crippen LogP contribution < -0.4 is 10.9 Å². The van der Waals surface area contributed by atoms with E-state index in [0.29, 0.717) is 12.0 Å². The van der Waals surface area contributed by atoms with Gasteiger partial charge in [-0.25, -0.2) is 9.67 Å². The van der Waals surface area contributed by atoms with E-state index in [1.54, 1.807) is 16.9 Å². The molecule has 0 amide bonds. The molecule has 1 N–H and O–H groups in total. The van der Waals surface area contributed by atoms with E-state index >= 15 is 0 Å². The summed E-state index contributed by atoms with van der Waals surface area (Å²) in [6.45, 7) is 2.00. The molecule has 3 heterocycles. The maximum absolute atomic E-state index is 12.3. The van der Waals surface area contributed by atoms with E-state index in [9.17, 15) is 4.79 Å². The van der Waals surface area contributed by atoms with Gasteiger partial charge in [0.25, 0.3) is 5.56 Å². The molecule has 7 nitrogen and oxygen atoms in total. The minimum absolute atomic E-state index is 0.0267. The summed E-state index contributed by atoms with van der Waals surface area (Å²) in [7, 11) is 0. The molecule has 0 unspecified atom stereocenters. The van der Waals surface area contributed by atoms with Gasteiger partial charge in [0.05, 0.1) is 17.9 Å². The lowest BCUT2D eigenvalue weighted by Gasteiger charge is -2.30. The lowest BCUT2D eigenvalue weighted by atomic mass is 9.91. The third-order valence-corrected chi connectivity index (χ3v) is 5.72. The lowest BCUT2D eigenvalue weighted by Crippen LogP contribution is -2.33. The number of aryl methyl sites for hydroxylation is 1. The summed E-state index contributed by atoms with van der Waals surface area (Å²) in [5.41, 5.74) is 2.95. The molecule has 0 saturated heterocycles. The molecule has 0 aliphatic heterocycles. The average molecular weight is 364 g/mol. The molecule has 0 radical (unpaired) electrons. The number of aromatic nitrogens is 5. The van der Waals surface area contributed by atoms with Crippen molar-refractivity contribution in [3.05, 3.63) is 52.2 Å². The first-order valence-corrected chi connectivity index (χ1v) is 9.85. The van der Waals surface area contributed by atoms with Crippen LogP contribution >= 0.6 is 0 Å². The van der Waals surface area contributed by atoms with E-state index in [1.807, 2.05) is 29.6 Å². The Morgan fingerprint density at radius 2 is 1.89 bits per heavy atom. The topological polar surface area (TPSA) is 77.1 Å². The Kier molecular flexibility index (Phi) is 3.95. The summed E-state index contributed by atoms with van der Waals surface area (Å²) in [4.78, 5) is 16.8. The fourth-order valence-electron chi connectivity index (χ4n) is 4.11. The minimum Gasteiger partial charge on any atom is -0.367 e. The maximum atomic E-state index is 12.3. The lowest BCUT2D eigenvalue weighted by molar-refractivity contribution is 0.301. The molecule has 2 fully saturated rings. The first-order valence-electron chi connectivity index (χ1n) is 9.85. The summed E-state index contributed by atoms with van der Waals surface area (Å²) in [6.07, 6.45) is 8.13. The van der Waals surface area contributed by atoms with Gasteiger partial charge >= 0.3 is 0 Å². The number of nitrogens with zero attached hydrogens (tertiary/aromatic N) is 5. The fourth-order valence-corrected chi connectivity index (χ4v) is 4.11. The molecule has 27 heavy (non-hydrogen) atoms. The molecule has 2 aliphatic carbocycles. The van der Waals surface area contributed by atoms with Gasteiger partial charge in [0.2, 0.25) is 0 Å². The highest BCUT2D eigenvalue weighted by Crippen LogP contribution is 2.38. The Balaban J connectivity index is 1.30. The molecule has 7 heteroatoms. The quantitative estimate of drug-likeness (QED) is 0.770. The van der Waals surface area contributed by atoms with Crippen LogP contribution in [-0.4, -0.2) is 30.4 Å². The van der Waals surface area contributed by atoms with Crippen molar-refractivity contribution < 1.29 is 0 Å². The van der Waals surface area contributed by atoms with Crippen molar-refractivity contribution in [3.63, 3.8) is 0 Å². The van der Waals surface area contributed by atoms with Crippen LogP contribution in [0.3, 0.4) is 0 Å². The van der Waals surface area contributed by atoms with Crippen molar-refractivity contribution in [2.75, 3.05) is 5.32 Å². The molecule has 2 saturated carbocycles. The minimum atomic E-state index is 0.0267. The average Bonchev–Trinajstić information content (AvgIpc) is 3.41. The smallest absolute Gasteiger partial charge is 0.267 e. The van der Waals surface area contributed by atoms with Crippen molar-refractivity contribution in [1.82, 2.24) is 24.4 Å². The van der Waals surface area contributed by atoms with Crippen LogP contribution in [0.2, 0.25) is 0 Å². The number of nitrogens with one attached hydrogen (secondary N) is 1. The van der Waals surface area contributed by atoms with Crippen LogP contribution in [-0.2, 0) is 0 Å². The number of rotatable bonds is 4. The second-order valence-corrected chi connectivity index (χ2v) is 7.85. The van der Waals surface area contributed by atoms with Crippen LogP contribution in [0.4, 0.5) is 5.82 Å². The Bertz CT molecular complexity index is 1030. The molecule has 5 rings (SSSR count). The molecule has 140 valence electrons. The van der Waals surface area contributed by atoms with Crippen LogP contribution in [0, 0.1) is 6.92 Å². The zero-order valence-electron chi connectivity index (χ0n) is 15.5. The Hall–Kier alpha value is -2.70.